The molecule has 0 spiro atoms. The van der Waals surface area contributed by atoms with Crippen LogP contribution in [0.15, 0.2) is 30.9 Å². The Morgan fingerprint density at radius 3 is 2.13 bits per heavy atom. The van der Waals surface area contributed by atoms with Gasteiger partial charge in [0.25, 0.3) is 0 Å². The Balaban J connectivity index is 1.19. The first kappa shape index (κ1) is 22.0. The molecule has 0 N–H and O–H groups in total. The van der Waals surface area contributed by atoms with E-state index in [1.807, 2.05) is 6.08 Å². The van der Waals surface area contributed by atoms with Gasteiger partial charge in [0.1, 0.15) is 0 Å². The van der Waals surface area contributed by atoms with Crippen molar-refractivity contribution in [2.75, 3.05) is 13.2 Å². The minimum Gasteiger partial charge on any atom is -0.352 e. The molecule has 1 saturated heterocycles. The zero-order chi connectivity index (χ0) is 20.9. The van der Waals surface area contributed by atoms with Gasteiger partial charge in [0.2, 0.25) is 0 Å². The second-order valence-corrected chi connectivity index (χ2v) is 9.73. The Morgan fingerprint density at radius 2 is 1.50 bits per heavy atom. The molecule has 0 atom stereocenters. The standard InChI is InChI=1S/C26H36F2O2/c1-2-3-4-18-5-7-20(8-6-18)23-16-29-26(30-17-23)21-11-9-19(10-12-21)22-13-14-24(27)25(28)15-22/h2,13-15,18-21,23,26H,1,3-12,16-17H2/t18-,19-,20-,21-,23-,26-. The summed E-state index contributed by atoms with van der Waals surface area (Å²) in [6.07, 6.45) is 13.7. The van der Waals surface area contributed by atoms with Crippen LogP contribution < -0.4 is 0 Å². The average Bonchev–Trinajstić information content (AvgIpc) is 2.80. The average molecular weight is 419 g/mol. The number of ether oxygens (including phenoxy) is 2. The molecule has 0 radical (unpaired) electrons. The topological polar surface area (TPSA) is 18.5 Å². The SMILES string of the molecule is C=CCC[C@H]1CC[C@H]([C@H]2CO[C@H]([C@H]3CC[C@H](c4ccc(F)c(F)c4)CC3)OC2)CC1. The molecule has 0 amide bonds. The van der Waals surface area contributed by atoms with E-state index in [9.17, 15) is 8.78 Å². The van der Waals surface area contributed by atoms with Crippen LogP contribution in [0.4, 0.5) is 8.78 Å². The fourth-order valence-corrected chi connectivity index (χ4v) is 5.87. The van der Waals surface area contributed by atoms with Crippen molar-refractivity contribution in [3.8, 4) is 0 Å². The van der Waals surface area contributed by atoms with Crippen LogP contribution in [-0.2, 0) is 9.47 Å². The van der Waals surface area contributed by atoms with Crippen LogP contribution in [0, 0.1) is 35.3 Å². The van der Waals surface area contributed by atoms with E-state index in [4.69, 9.17) is 9.47 Å². The van der Waals surface area contributed by atoms with Gasteiger partial charge in [0.15, 0.2) is 17.9 Å². The maximum absolute atomic E-state index is 13.5. The second kappa shape index (κ2) is 10.4. The van der Waals surface area contributed by atoms with Crippen molar-refractivity contribution in [1.29, 1.82) is 0 Å². The van der Waals surface area contributed by atoms with Crippen LogP contribution in [0.1, 0.15) is 75.7 Å². The first-order valence-electron chi connectivity index (χ1n) is 11.9. The molecule has 1 aromatic rings. The lowest BCUT2D eigenvalue weighted by Gasteiger charge is -2.41. The molecule has 0 unspecified atom stereocenters. The summed E-state index contributed by atoms with van der Waals surface area (Å²) in [6.45, 7) is 5.50. The zero-order valence-electron chi connectivity index (χ0n) is 18.0. The van der Waals surface area contributed by atoms with Gasteiger partial charge in [-0.3, -0.25) is 0 Å². The van der Waals surface area contributed by atoms with E-state index in [1.165, 1.54) is 44.2 Å². The van der Waals surface area contributed by atoms with E-state index in [-0.39, 0.29) is 6.29 Å². The summed E-state index contributed by atoms with van der Waals surface area (Å²) in [6, 6.07) is 4.34. The van der Waals surface area contributed by atoms with Gasteiger partial charge in [-0.2, -0.15) is 0 Å². The Hall–Kier alpha value is -1.26. The molecule has 0 aromatic heterocycles. The van der Waals surface area contributed by atoms with E-state index in [0.29, 0.717) is 17.8 Å². The van der Waals surface area contributed by atoms with Crippen LogP contribution in [-0.4, -0.2) is 19.5 Å². The van der Waals surface area contributed by atoms with Crippen LogP contribution in [0.3, 0.4) is 0 Å². The van der Waals surface area contributed by atoms with Crippen molar-refractivity contribution in [3.05, 3.63) is 48.1 Å². The lowest BCUT2D eigenvalue weighted by Crippen LogP contribution is -2.41. The lowest BCUT2D eigenvalue weighted by molar-refractivity contribution is -0.236. The van der Waals surface area contributed by atoms with E-state index in [1.54, 1.807) is 6.07 Å². The van der Waals surface area contributed by atoms with Gasteiger partial charge in [-0.05, 0) is 86.8 Å². The molecule has 1 aromatic carbocycles. The highest BCUT2D eigenvalue weighted by Crippen LogP contribution is 2.41. The fourth-order valence-electron chi connectivity index (χ4n) is 5.87. The summed E-state index contributed by atoms with van der Waals surface area (Å²) in [7, 11) is 0. The molecule has 0 bridgehead atoms. The number of benzene rings is 1. The third-order valence-electron chi connectivity index (χ3n) is 7.86. The van der Waals surface area contributed by atoms with Crippen LogP contribution in [0.25, 0.3) is 0 Å². The van der Waals surface area contributed by atoms with Crippen molar-refractivity contribution >= 4 is 0 Å². The number of rotatable bonds is 6. The van der Waals surface area contributed by atoms with Gasteiger partial charge in [0, 0.05) is 11.8 Å². The fraction of sp³-hybridized carbons (Fsp3) is 0.692. The zero-order valence-corrected chi connectivity index (χ0v) is 18.0. The Labute approximate surface area is 180 Å². The number of hydrogen-bond donors (Lipinski definition) is 0. The third kappa shape index (κ3) is 5.31. The number of allylic oxidation sites excluding steroid dienone is 1. The van der Waals surface area contributed by atoms with Crippen LogP contribution in [0.5, 0.6) is 0 Å². The summed E-state index contributed by atoms with van der Waals surface area (Å²) in [5.74, 6) is 1.38. The van der Waals surface area contributed by atoms with Crippen LogP contribution in [0.2, 0.25) is 0 Å². The van der Waals surface area contributed by atoms with E-state index in [2.05, 4.69) is 6.58 Å². The lowest BCUT2D eigenvalue weighted by atomic mass is 9.74. The highest BCUT2D eigenvalue weighted by molar-refractivity contribution is 5.22. The molecule has 2 aliphatic carbocycles. The van der Waals surface area contributed by atoms with Crippen molar-refractivity contribution in [3.63, 3.8) is 0 Å². The molecule has 1 heterocycles. The van der Waals surface area contributed by atoms with Gasteiger partial charge < -0.3 is 9.47 Å². The largest absolute Gasteiger partial charge is 0.352 e. The Kier molecular flexibility index (Phi) is 7.59. The molecular weight excluding hydrogens is 382 g/mol. The maximum Gasteiger partial charge on any atom is 0.160 e. The first-order valence-corrected chi connectivity index (χ1v) is 11.9. The van der Waals surface area contributed by atoms with Crippen LogP contribution >= 0.6 is 0 Å². The van der Waals surface area contributed by atoms with Gasteiger partial charge >= 0.3 is 0 Å². The predicted molar refractivity (Wildman–Crippen MR) is 115 cm³/mol. The minimum atomic E-state index is -0.767. The molecular formula is C26H36F2O2. The van der Waals surface area contributed by atoms with Crippen molar-refractivity contribution in [2.45, 2.75) is 76.4 Å². The Morgan fingerprint density at radius 1 is 0.833 bits per heavy atom. The van der Waals surface area contributed by atoms with E-state index >= 15 is 0 Å². The number of halogens is 2. The summed E-state index contributed by atoms with van der Waals surface area (Å²) in [4.78, 5) is 0. The summed E-state index contributed by atoms with van der Waals surface area (Å²) >= 11 is 0. The van der Waals surface area contributed by atoms with Crippen molar-refractivity contribution in [2.24, 2.45) is 23.7 Å². The molecule has 4 heteroatoms. The van der Waals surface area contributed by atoms with Gasteiger partial charge in [-0.1, -0.05) is 25.0 Å². The highest BCUT2D eigenvalue weighted by Gasteiger charge is 2.36. The third-order valence-corrected chi connectivity index (χ3v) is 7.86. The summed E-state index contributed by atoms with van der Waals surface area (Å²) in [5.41, 5.74) is 0.918. The molecule has 166 valence electrons. The van der Waals surface area contributed by atoms with E-state index < -0.39 is 11.6 Å². The molecule has 2 nitrogen and oxygen atoms in total. The summed E-state index contributed by atoms with van der Waals surface area (Å²) in [5, 5.41) is 0. The van der Waals surface area contributed by atoms with Gasteiger partial charge in [-0.25, -0.2) is 8.78 Å². The quantitative estimate of drug-likeness (QED) is 0.463. The van der Waals surface area contributed by atoms with Crippen molar-refractivity contribution < 1.29 is 18.3 Å². The summed E-state index contributed by atoms with van der Waals surface area (Å²) < 4.78 is 39.2. The monoisotopic (exact) mass is 418 g/mol. The van der Waals surface area contributed by atoms with E-state index in [0.717, 1.165) is 62.7 Å². The smallest absolute Gasteiger partial charge is 0.160 e. The normalized spacial score (nSPS) is 35.1. The Bertz CT molecular complexity index is 682. The maximum atomic E-state index is 13.5. The molecule has 3 fully saturated rings. The second-order valence-electron chi connectivity index (χ2n) is 9.73. The molecule has 1 aliphatic heterocycles. The van der Waals surface area contributed by atoms with Gasteiger partial charge in [0.05, 0.1) is 13.2 Å². The van der Waals surface area contributed by atoms with Gasteiger partial charge in [-0.15, -0.1) is 6.58 Å². The molecule has 4 rings (SSSR count). The minimum absolute atomic E-state index is 0.0870. The predicted octanol–water partition coefficient (Wildman–Crippen LogP) is 7.00. The molecule has 2 saturated carbocycles. The molecule has 3 aliphatic rings. The first-order chi connectivity index (χ1) is 14.6. The molecule has 30 heavy (non-hydrogen) atoms. The number of hydrogen-bond acceptors (Lipinski definition) is 2. The highest BCUT2D eigenvalue weighted by atomic mass is 19.2. The van der Waals surface area contributed by atoms with Crippen molar-refractivity contribution in [1.82, 2.24) is 0 Å².